The number of ether oxygens (including phenoxy) is 3. The lowest BCUT2D eigenvalue weighted by atomic mass is 10.1. The molecule has 0 amide bonds. The minimum absolute atomic E-state index is 0.194. The van der Waals surface area contributed by atoms with Gasteiger partial charge >= 0.3 is 11.6 Å². The molecule has 1 aromatic heterocycles. The van der Waals surface area contributed by atoms with Gasteiger partial charge in [-0.15, -0.1) is 0 Å². The summed E-state index contributed by atoms with van der Waals surface area (Å²) in [5.41, 5.74) is -0.746. The van der Waals surface area contributed by atoms with Crippen LogP contribution in [0.25, 0.3) is 11.0 Å². The van der Waals surface area contributed by atoms with Gasteiger partial charge in [-0.2, -0.15) is 0 Å². The molecule has 116 valence electrons. The number of carbonyl (C=O) groups excluding carboxylic acids is 2. The van der Waals surface area contributed by atoms with Crippen molar-refractivity contribution in [3.63, 3.8) is 0 Å². The van der Waals surface area contributed by atoms with Gasteiger partial charge in [0.25, 0.3) is 0 Å². The second kappa shape index (κ2) is 6.30. The van der Waals surface area contributed by atoms with E-state index in [2.05, 4.69) is 4.74 Å². The standard InChI is InChI=1S/C15H14O7/c1-8(16)21-7-11(17)10-4-9-5-13(19-2)14(20-3)6-12(9)22-15(10)18/h4-6H,7H2,1-3H3. The number of benzene rings is 1. The molecule has 0 atom stereocenters. The highest BCUT2D eigenvalue weighted by Crippen LogP contribution is 2.31. The quantitative estimate of drug-likeness (QED) is 0.470. The van der Waals surface area contributed by atoms with Crippen molar-refractivity contribution >= 4 is 22.7 Å². The fourth-order valence-electron chi connectivity index (χ4n) is 1.89. The molecule has 0 radical (unpaired) electrons. The number of esters is 1. The molecule has 0 aliphatic rings. The summed E-state index contributed by atoms with van der Waals surface area (Å²) in [6, 6.07) is 4.45. The van der Waals surface area contributed by atoms with Crippen LogP contribution in [0.2, 0.25) is 0 Å². The fraction of sp³-hybridized carbons (Fsp3) is 0.267. The molecule has 0 N–H and O–H groups in total. The van der Waals surface area contributed by atoms with Crippen molar-refractivity contribution in [1.82, 2.24) is 0 Å². The van der Waals surface area contributed by atoms with Crippen LogP contribution in [0.1, 0.15) is 17.3 Å². The van der Waals surface area contributed by atoms with Gasteiger partial charge in [-0.05, 0) is 12.1 Å². The summed E-state index contributed by atoms with van der Waals surface area (Å²) in [4.78, 5) is 34.5. The number of Topliss-reactive ketones (excluding diaryl/α,β-unsaturated/α-hetero) is 1. The van der Waals surface area contributed by atoms with Crippen LogP contribution < -0.4 is 15.1 Å². The molecule has 0 fully saturated rings. The maximum atomic E-state index is 11.9. The Hall–Kier alpha value is -2.83. The van der Waals surface area contributed by atoms with Gasteiger partial charge in [0.15, 0.2) is 18.1 Å². The predicted molar refractivity (Wildman–Crippen MR) is 76.6 cm³/mol. The van der Waals surface area contributed by atoms with Crippen molar-refractivity contribution in [1.29, 1.82) is 0 Å². The maximum absolute atomic E-state index is 11.9. The largest absolute Gasteiger partial charge is 0.493 e. The molecule has 2 aromatic rings. The van der Waals surface area contributed by atoms with E-state index in [-0.39, 0.29) is 11.1 Å². The van der Waals surface area contributed by atoms with E-state index in [4.69, 9.17) is 13.9 Å². The van der Waals surface area contributed by atoms with E-state index in [0.29, 0.717) is 16.9 Å². The summed E-state index contributed by atoms with van der Waals surface area (Å²) < 4.78 is 20.0. The first-order valence-electron chi connectivity index (χ1n) is 6.32. The van der Waals surface area contributed by atoms with Crippen LogP contribution in [0, 0.1) is 0 Å². The molecule has 22 heavy (non-hydrogen) atoms. The Balaban J connectivity index is 2.49. The highest BCUT2D eigenvalue weighted by atomic mass is 16.5. The van der Waals surface area contributed by atoms with Crippen LogP contribution in [0.3, 0.4) is 0 Å². The summed E-state index contributed by atoms with van der Waals surface area (Å²) in [5, 5.41) is 0.489. The summed E-state index contributed by atoms with van der Waals surface area (Å²) in [7, 11) is 2.92. The highest BCUT2D eigenvalue weighted by molar-refractivity contribution is 6.00. The van der Waals surface area contributed by atoms with Crippen molar-refractivity contribution in [2.24, 2.45) is 0 Å². The first kappa shape index (κ1) is 15.6. The van der Waals surface area contributed by atoms with Gasteiger partial charge in [-0.3, -0.25) is 9.59 Å². The van der Waals surface area contributed by atoms with Gasteiger partial charge in [0.05, 0.1) is 14.2 Å². The van der Waals surface area contributed by atoms with E-state index in [1.807, 2.05) is 0 Å². The van der Waals surface area contributed by atoms with Crippen LogP contribution in [-0.2, 0) is 9.53 Å². The summed E-state index contributed by atoms with van der Waals surface area (Å²) in [5.74, 6) is -0.412. The number of hydrogen-bond donors (Lipinski definition) is 0. The predicted octanol–water partition coefficient (Wildman–Crippen LogP) is 1.56. The number of ketones is 1. The molecule has 2 rings (SSSR count). The third-order valence-corrected chi connectivity index (χ3v) is 2.95. The molecular formula is C15H14O7. The summed E-state index contributed by atoms with van der Waals surface area (Å²) in [6.07, 6.45) is 0. The number of hydrogen-bond acceptors (Lipinski definition) is 7. The minimum atomic E-state index is -0.808. The van der Waals surface area contributed by atoms with E-state index >= 15 is 0 Å². The second-order valence-electron chi connectivity index (χ2n) is 4.40. The van der Waals surface area contributed by atoms with Gasteiger partial charge in [-0.1, -0.05) is 0 Å². The Kier molecular flexibility index (Phi) is 4.45. The number of fused-ring (bicyclic) bond motifs is 1. The monoisotopic (exact) mass is 306 g/mol. The molecule has 0 aliphatic heterocycles. The second-order valence-corrected chi connectivity index (χ2v) is 4.40. The van der Waals surface area contributed by atoms with Crippen molar-refractivity contribution < 1.29 is 28.2 Å². The Bertz CT molecular complexity index is 788. The maximum Gasteiger partial charge on any atom is 0.347 e. The number of methoxy groups -OCH3 is 2. The van der Waals surface area contributed by atoms with Crippen LogP contribution in [-0.4, -0.2) is 32.6 Å². The normalized spacial score (nSPS) is 10.3. The van der Waals surface area contributed by atoms with Crippen molar-refractivity contribution in [2.45, 2.75) is 6.92 Å². The molecule has 0 bridgehead atoms. The average molecular weight is 306 g/mol. The molecule has 0 unspecified atom stereocenters. The Morgan fingerprint density at radius 2 is 1.73 bits per heavy atom. The number of rotatable bonds is 5. The van der Waals surface area contributed by atoms with Crippen molar-refractivity contribution in [3.8, 4) is 11.5 Å². The SMILES string of the molecule is COc1cc2cc(C(=O)COC(C)=O)c(=O)oc2cc1OC. The molecule has 0 spiro atoms. The molecule has 0 saturated carbocycles. The van der Waals surface area contributed by atoms with E-state index in [1.165, 1.54) is 33.3 Å². The lowest BCUT2D eigenvalue weighted by Gasteiger charge is -2.09. The Morgan fingerprint density at radius 3 is 2.32 bits per heavy atom. The van der Waals surface area contributed by atoms with Gasteiger partial charge in [-0.25, -0.2) is 4.79 Å². The third kappa shape index (κ3) is 3.08. The zero-order valence-electron chi connectivity index (χ0n) is 12.3. The first-order chi connectivity index (χ1) is 10.5. The van der Waals surface area contributed by atoms with E-state index in [1.54, 1.807) is 6.07 Å². The van der Waals surface area contributed by atoms with Gasteiger partial charge in [0, 0.05) is 18.4 Å². The van der Waals surface area contributed by atoms with Crippen LogP contribution in [0.5, 0.6) is 11.5 Å². The first-order valence-corrected chi connectivity index (χ1v) is 6.32. The average Bonchev–Trinajstić information content (AvgIpc) is 2.50. The molecule has 0 aliphatic carbocycles. The minimum Gasteiger partial charge on any atom is -0.493 e. The highest BCUT2D eigenvalue weighted by Gasteiger charge is 2.16. The molecule has 7 nitrogen and oxygen atoms in total. The van der Waals surface area contributed by atoms with Crippen molar-refractivity contribution in [2.75, 3.05) is 20.8 Å². The third-order valence-electron chi connectivity index (χ3n) is 2.95. The topological polar surface area (TPSA) is 92.0 Å². The van der Waals surface area contributed by atoms with Gasteiger partial charge in [0.2, 0.25) is 5.78 Å². The van der Waals surface area contributed by atoms with Crippen LogP contribution in [0.15, 0.2) is 27.4 Å². The van der Waals surface area contributed by atoms with E-state index in [0.717, 1.165) is 0 Å². The molecule has 0 saturated heterocycles. The van der Waals surface area contributed by atoms with E-state index in [9.17, 15) is 14.4 Å². The number of carbonyl (C=O) groups is 2. The lowest BCUT2D eigenvalue weighted by Crippen LogP contribution is -2.19. The van der Waals surface area contributed by atoms with Gasteiger partial charge < -0.3 is 18.6 Å². The fourth-order valence-corrected chi connectivity index (χ4v) is 1.89. The zero-order chi connectivity index (χ0) is 16.3. The smallest absolute Gasteiger partial charge is 0.347 e. The van der Waals surface area contributed by atoms with Gasteiger partial charge in [0.1, 0.15) is 11.1 Å². The Morgan fingerprint density at radius 1 is 1.09 bits per heavy atom. The summed E-state index contributed by atoms with van der Waals surface area (Å²) in [6.45, 7) is 0.659. The molecule has 7 heteroatoms. The molecule has 1 aromatic carbocycles. The van der Waals surface area contributed by atoms with Crippen molar-refractivity contribution in [3.05, 3.63) is 34.2 Å². The summed E-state index contributed by atoms with van der Waals surface area (Å²) >= 11 is 0. The van der Waals surface area contributed by atoms with Crippen LogP contribution >= 0.6 is 0 Å². The Labute approximate surface area is 125 Å². The van der Waals surface area contributed by atoms with Crippen LogP contribution in [0.4, 0.5) is 0 Å². The van der Waals surface area contributed by atoms with E-state index < -0.39 is 24.0 Å². The molecular weight excluding hydrogens is 292 g/mol. The zero-order valence-corrected chi connectivity index (χ0v) is 12.3. The molecule has 1 heterocycles. The lowest BCUT2D eigenvalue weighted by molar-refractivity contribution is -0.139.